The van der Waals surface area contributed by atoms with Gasteiger partial charge in [-0.05, 0) is 25.3 Å². The van der Waals surface area contributed by atoms with Crippen molar-refractivity contribution in [3.8, 4) is 0 Å². The standard InChI is InChI=1S/C18H28N2O3S/c1-15-8-10-16(11-9-15)14-20(24(2,22)23)13-12-18(21)19-17-6-4-3-5-7-17/h8-11,17H,3-7,12-14H2,1-2H3,(H,19,21). The fourth-order valence-corrected chi connectivity index (χ4v) is 3.84. The first-order chi connectivity index (χ1) is 11.3. The van der Waals surface area contributed by atoms with Gasteiger partial charge in [0.2, 0.25) is 15.9 Å². The highest BCUT2D eigenvalue weighted by molar-refractivity contribution is 7.88. The second kappa shape index (κ2) is 8.62. The lowest BCUT2D eigenvalue weighted by Crippen LogP contribution is -2.39. The molecule has 0 spiro atoms. The highest BCUT2D eigenvalue weighted by Crippen LogP contribution is 2.17. The molecule has 1 fully saturated rings. The number of sulfonamides is 1. The van der Waals surface area contributed by atoms with Crippen LogP contribution in [0, 0.1) is 6.92 Å². The summed E-state index contributed by atoms with van der Waals surface area (Å²) in [5, 5.41) is 3.04. The monoisotopic (exact) mass is 352 g/mol. The van der Waals surface area contributed by atoms with Gasteiger partial charge in [0.05, 0.1) is 6.26 Å². The fourth-order valence-electron chi connectivity index (χ4n) is 3.03. The molecule has 1 aromatic rings. The van der Waals surface area contributed by atoms with Crippen molar-refractivity contribution in [1.29, 1.82) is 0 Å². The summed E-state index contributed by atoms with van der Waals surface area (Å²) in [6.45, 7) is 2.51. The van der Waals surface area contributed by atoms with E-state index in [1.165, 1.54) is 17.0 Å². The van der Waals surface area contributed by atoms with E-state index in [-0.39, 0.29) is 24.9 Å². The number of nitrogens with one attached hydrogen (secondary N) is 1. The van der Waals surface area contributed by atoms with Crippen LogP contribution in [0.1, 0.15) is 49.7 Å². The van der Waals surface area contributed by atoms with Gasteiger partial charge >= 0.3 is 0 Å². The number of carbonyl (C=O) groups excluding carboxylic acids is 1. The Balaban J connectivity index is 1.89. The first-order valence-corrected chi connectivity index (χ1v) is 10.5. The van der Waals surface area contributed by atoms with E-state index in [9.17, 15) is 13.2 Å². The van der Waals surface area contributed by atoms with Crippen LogP contribution in [0.25, 0.3) is 0 Å². The van der Waals surface area contributed by atoms with Crippen LogP contribution in [0.2, 0.25) is 0 Å². The number of nitrogens with zero attached hydrogens (tertiary/aromatic N) is 1. The summed E-state index contributed by atoms with van der Waals surface area (Å²) in [4.78, 5) is 12.1. The van der Waals surface area contributed by atoms with E-state index < -0.39 is 10.0 Å². The normalized spacial score (nSPS) is 16.3. The first kappa shape index (κ1) is 18.9. The highest BCUT2D eigenvalue weighted by atomic mass is 32.2. The third-order valence-electron chi connectivity index (χ3n) is 4.51. The summed E-state index contributed by atoms with van der Waals surface area (Å²) in [5.41, 5.74) is 2.07. The maximum absolute atomic E-state index is 12.1. The van der Waals surface area contributed by atoms with Crippen LogP contribution in [-0.2, 0) is 21.4 Å². The minimum Gasteiger partial charge on any atom is -0.353 e. The van der Waals surface area contributed by atoms with Gasteiger partial charge in [-0.2, -0.15) is 4.31 Å². The van der Waals surface area contributed by atoms with Gasteiger partial charge in [-0.15, -0.1) is 0 Å². The molecule has 0 aromatic heterocycles. The van der Waals surface area contributed by atoms with Gasteiger partial charge < -0.3 is 5.32 Å². The predicted molar refractivity (Wildman–Crippen MR) is 96.1 cm³/mol. The molecule has 0 saturated heterocycles. The molecule has 134 valence electrons. The van der Waals surface area contributed by atoms with Crippen LogP contribution in [0.3, 0.4) is 0 Å². The molecule has 6 heteroatoms. The van der Waals surface area contributed by atoms with Gasteiger partial charge in [0.25, 0.3) is 0 Å². The summed E-state index contributed by atoms with van der Waals surface area (Å²) < 4.78 is 25.4. The van der Waals surface area contributed by atoms with Crippen LogP contribution in [0.4, 0.5) is 0 Å². The summed E-state index contributed by atoms with van der Waals surface area (Å²) in [5.74, 6) is -0.0561. The van der Waals surface area contributed by atoms with Crippen LogP contribution in [-0.4, -0.2) is 37.5 Å². The number of aryl methyl sites for hydroxylation is 1. The Morgan fingerprint density at radius 1 is 1.17 bits per heavy atom. The number of hydrogen-bond acceptors (Lipinski definition) is 3. The van der Waals surface area contributed by atoms with Crippen molar-refractivity contribution < 1.29 is 13.2 Å². The Kier molecular flexibility index (Phi) is 6.80. The number of hydrogen-bond donors (Lipinski definition) is 1. The minimum atomic E-state index is -3.35. The van der Waals surface area contributed by atoms with Crippen LogP contribution in [0.15, 0.2) is 24.3 Å². The smallest absolute Gasteiger partial charge is 0.221 e. The van der Waals surface area contributed by atoms with Crippen molar-refractivity contribution in [3.05, 3.63) is 35.4 Å². The number of amides is 1. The molecule has 1 aliphatic rings. The molecule has 24 heavy (non-hydrogen) atoms. The molecule has 2 rings (SSSR count). The Hall–Kier alpha value is -1.40. The molecular formula is C18H28N2O3S. The number of carbonyl (C=O) groups is 1. The van der Waals surface area contributed by atoms with E-state index in [4.69, 9.17) is 0 Å². The average molecular weight is 353 g/mol. The van der Waals surface area contributed by atoms with Crippen molar-refractivity contribution in [1.82, 2.24) is 9.62 Å². The van der Waals surface area contributed by atoms with Crippen molar-refractivity contribution in [2.75, 3.05) is 12.8 Å². The van der Waals surface area contributed by atoms with Gasteiger partial charge in [-0.25, -0.2) is 8.42 Å². The Labute approximate surface area is 145 Å². The quantitative estimate of drug-likeness (QED) is 0.820. The molecule has 1 aliphatic carbocycles. The number of benzene rings is 1. The third kappa shape index (κ3) is 6.24. The second-order valence-corrected chi connectivity index (χ2v) is 8.72. The summed E-state index contributed by atoms with van der Waals surface area (Å²) in [6.07, 6.45) is 7.03. The fraction of sp³-hybridized carbons (Fsp3) is 0.611. The summed E-state index contributed by atoms with van der Waals surface area (Å²) in [7, 11) is -3.35. The van der Waals surface area contributed by atoms with Gasteiger partial charge in [0, 0.05) is 25.6 Å². The highest BCUT2D eigenvalue weighted by Gasteiger charge is 2.20. The lowest BCUT2D eigenvalue weighted by Gasteiger charge is -2.24. The minimum absolute atomic E-state index is 0.0561. The van der Waals surface area contributed by atoms with Crippen molar-refractivity contribution in [2.45, 2.75) is 58.0 Å². The maximum Gasteiger partial charge on any atom is 0.221 e. The molecule has 1 saturated carbocycles. The molecule has 1 aromatic carbocycles. The Morgan fingerprint density at radius 3 is 2.38 bits per heavy atom. The van der Waals surface area contributed by atoms with Crippen molar-refractivity contribution in [2.24, 2.45) is 0 Å². The zero-order valence-corrected chi connectivity index (χ0v) is 15.4. The molecular weight excluding hydrogens is 324 g/mol. The third-order valence-corrected chi connectivity index (χ3v) is 5.76. The van der Waals surface area contributed by atoms with E-state index in [1.807, 2.05) is 31.2 Å². The largest absolute Gasteiger partial charge is 0.353 e. The van der Waals surface area contributed by atoms with Gasteiger partial charge in [0.15, 0.2) is 0 Å². The predicted octanol–water partition coefficient (Wildman–Crippen LogP) is 2.60. The lowest BCUT2D eigenvalue weighted by atomic mass is 9.95. The van der Waals surface area contributed by atoms with E-state index in [1.54, 1.807) is 0 Å². The van der Waals surface area contributed by atoms with Crippen LogP contribution in [0.5, 0.6) is 0 Å². The lowest BCUT2D eigenvalue weighted by molar-refractivity contribution is -0.122. The molecule has 0 heterocycles. The second-order valence-electron chi connectivity index (χ2n) is 6.73. The van der Waals surface area contributed by atoms with Crippen molar-refractivity contribution >= 4 is 15.9 Å². The zero-order valence-electron chi connectivity index (χ0n) is 14.6. The van der Waals surface area contributed by atoms with Gasteiger partial charge in [-0.1, -0.05) is 49.1 Å². The molecule has 1 amide bonds. The topological polar surface area (TPSA) is 66.5 Å². The van der Waals surface area contributed by atoms with Crippen LogP contribution < -0.4 is 5.32 Å². The van der Waals surface area contributed by atoms with Gasteiger partial charge in [0.1, 0.15) is 0 Å². The van der Waals surface area contributed by atoms with E-state index >= 15 is 0 Å². The molecule has 0 aliphatic heterocycles. The maximum atomic E-state index is 12.1. The first-order valence-electron chi connectivity index (χ1n) is 8.64. The van der Waals surface area contributed by atoms with Gasteiger partial charge in [-0.3, -0.25) is 4.79 Å². The van der Waals surface area contributed by atoms with E-state index in [0.717, 1.165) is 36.8 Å². The van der Waals surface area contributed by atoms with Crippen molar-refractivity contribution in [3.63, 3.8) is 0 Å². The van der Waals surface area contributed by atoms with E-state index in [0.29, 0.717) is 6.54 Å². The summed E-state index contributed by atoms with van der Waals surface area (Å²) >= 11 is 0. The molecule has 0 unspecified atom stereocenters. The molecule has 1 N–H and O–H groups in total. The Morgan fingerprint density at radius 2 is 1.79 bits per heavy atom. The molecule has 0 atom stereocenters. The molecule has 0 bridgehead atoms. The number of rotatable bonds is 7. The molecule has 5 nitrogen and oxygen atoms in total. The zero-order chi connectivity index (χ0) is 17.6. The Bertz CT molecular complexity index is 635. The van der Waals surface area contributed by atoms with Crippen LogP contribution >= 0.6 is 0 Å². The SMILES string of the molecule is Cc1ccc(CN(CCC(=O)NC2CCCCC2)S(C)(=O)=O)cc1. The summed E-state index contributed by atoms with van der Waals surface area (Å²) in [6, 6.07) is 8.04. The van der Waals surface area contributed by atoms with E-state index in [2.05, 4.69) is 5.32 Å². The molecule has 0 radical (unpaired) electrons. The average Bonchev–Trinajstić information content (AvgIpc) is 2.53.